The van der Waals surface area contributed by atoms with E-state index in [4.69, 9.17) is 14.7 Å². The maximum atomic E-state index is 9.02. The monoisotopic (exact) mass is 272 g/mol. The van der Waals surface area contributed by atoms with Gasteiger partial charge in [0, 0.05) is 38.4 Å². The van der Waals surface area contributed by atoms with Crippen molar-refractivity contribution in [2.75, 3.05) is 31.8 Å². The average molecular weight is 272 g/mol. The number of hydrogen-bond acceptors (Lipinski definition) is 4. The molecule has 0 aliphatic carbocycles. The molecule has 2 heterocycles. The fraction of sp³-hybridized carbons (Fsp3) is 0.562. The largest absolute Gasteiger partial charge is 0.378 e. The molecule has 4 nitrogen and oxygen atoms in total. The summed E-state index contributed by atoms with van der Waals surface area (Å²) in [5.74, 6) is 0. The fourth-order valence-electron chi connectivity index (χ4n) is 3.20. The molecule has 1 aromatic carbocycles. The van der Waals surface area contributed by atoms with Crippen LogP contribution in [0.15, 0.2) is 24.3 Å². The maximum Gasteiger partial charge on any atom is 0.0992 e. The number of hydrogen-bond donors (Lipinski definition) is 0. The van der Waals surface area contributed by atoms with E-state index in [0.717, 1.165) is 44.8 Å². The van der Waals surface area contributed by atoms with Crippen molar-refractivity contribution in [2.24, 2.45) is 0 Å². The highest BCUT2D eigenvalue weighted by Gasteiger charge is 2.42. The van der Waals surface area contributed by atoms with Gasteiger partial charge in [-0.05, 0) is 31.0 Å². The van der Waals surface area contributed by atoms with E-state index in [0.29, 0.717) is 11.6 Å². The molecule has 0 N–H and O–H groups in total. The number of nitriles is 1. The van der Waals surface area contributed by atoms with Gasteiger partial charge in [-0.25, -0.2) is 0 Å². The molecule has 2 unspecified atom stereocenters. The molecule has 0 bridgehead atoms. The van der Waals surface area contributed by atoms with Gasteiger partial charge in [0.2, 0.25) is 0 Å². The van der Waals surface area contributed by atoms with Crippen molar-refractivity contribution in [3.05, 3.63) is 29.8 Å². The summed E-state index contributed by atoms with van der Waals surface area (Å²) >= 11 is 0. The molecule has 0 amide bonds. The van der Waals surface area contributed by atoms with Gasteiger partial charge in [0.25, 0.3) is 0 Å². The molecule has 106 valence electrons. The lowest BCUT2D eigenvalue weighted by Gasteiger charge is -2.41. The van der Waals surface area contributed by atoms with Crippen LogP contribution in [0.3, 0.4) is 0 Å². The minimum absolute atomic E-state index is 0.0793. The van der Waals surface area contributed by atoms with Gasteiger partial charge in [-0.3, -0.25) is 0 Å². The summed E-state index contributed by atoms with van der Waals surface area (Å²) in [6.07, 6.45) is 3.02. The summed E-state index contributed by atoms with van der Waals surface area (Å²) in [6, 6.07) is 10.4. The Morgan fingerprint density at radius 3 is 3.05 bits per heavy atom. The molecule has 20 heavy (non-hydrogen) atoms. The number of ether oxygens (including phenoxy) is 2. The molecule has 3 rings (SSSR count). The molecule has 0 aromatic heterocycles. The third kappa shape index (κ3) is 2.52. The Morgan fingerprint density at radius 2 is 2.30 bits per heavy atom. The van der Waals surface area contributed by atoms with Crippen molar-refractivity contribution in [2.45, 2.75) is 30.9 Å². The molecule has 2 fully saturated rings. The van der Waals surface area contributed by atoms with E-state index >= 15 is 0 Å². The zero-order valence-electron chi connectivity index (χ0n) is 11.8. The second-order valence-electron chi connectivity index (χ2n) is 5.75. The van der Waals surface area contributed by atoms with Crippen LogP contribution in [0.2, 0.25) is 0 Å². The van der Waals surface area contributed by atoms with Crippen LogP contribution in [0.1, 0.15) is 24.8 Å². The van der Waals surface area contributed by atoms with Crippen LogP contribution in [0.5, 0.6) is 0 Å². The van der Waals surface area contributed by atoms with Crippen molar-refractivity contribution in [1.82, 2.24) is 0 Å². The lowest BCUT2D eigenvalue weighted by atomic mass is 9.89. The standard InChI is InChI=1S/C16H20N2O2/c1-18(14-4-2-3-13(9-14)11-17)15-5-7-20-16(10-15)6-8-19-12-16/h2-4,9,15H,5-8,10,12H2,1H3. The van der Waals surface area contributed by atoms with E-state index in [1.54, 1.807) is 0 Å². The van der Waals surface area contributed by atoms with E-state index in [1.165, 1.54) is 0 Å². The average Bonchev–Trinajstić information content (AvgIpc) is 2.94. The van der Waals surface area contributed by atoms with E-state index in [1.807, 2.05) is 18.2 Å². The first kappa shape index (κ1) is 13.4. The Morgan fingerprint density at radius 1 is 1.40 bits per heavy atom. The van der Waals surface area contributed by atoms with Crippen molar-refractivity contribution in [1.29, 1.82) is 5.26 Å². The number of anilines is 1. The second-order valence-corrected chi connectivity index (χ2v) is 5.75. The number of rotatable bonds is 2. The Labute approximate surface area is 119 Å². The predicted octanol–water partition coefficient (Wildman–Crippen LogP) is 2.33. The van der Waals surface area contributed by atoms with Crippen LogP contribution < -0.4 is 4.90 Å². The molecule has 0 radical (unpaired) electrons. The third-order valence-corrected chi connectivity index (χ3v) is 4.46. The van der Waals surface area contributed by atoms with Crippen molar-refractivity contribution in [3.63, 3.8) is 0 Å². The molecule has 2 atom stereocenters. The van der Waals surface area contributed by atoms with Gasteiger partial charge in [0.1, 0.15) is 0 Å². The minimum atomic E-state index is -0.0793. The second kappa shape index (κ2) is 5.43. The highest BCUT2D eigenvalue weighted by atomic mass is 16.6. The quantitative estimate of drug-likeness (QED) is 0.829. The molecule has 2 saturated heterocycles. The Bertz CT molecular complexity index is 517. The van der Waals surface area contributed by atoms with Crippen LogP contribution in [0, 0.1) is 11.3 Å². The van der Waals surface area contributed by atoms with Crippen LogP contribution in [-0.4, -0.2) is 38.5 Å². The maximum absolute atomic E-state index is 9.02. The molecular weight excluding hydrogens is 252 g/mol. The third-order valence-electron chi connectivity index (χ3n) is 4.46. The van der Waals surface area contributed by atoms with Gasteiger partial charge >= 0.3 is 0 Å². The zero-order valence-corrected chi connectivity index (χ0v) is 11.8. The molecule has 2 aliphatic heterocycles. The summed E-state index contributed by atoms with van der Waals surface area (Å²) in [7, 11) is 2.11. The van der Waals surface area contributed by atoms with Gasteiger partial charge in [-0.1, -0.05) is 6.07 Å². The summed E-state index contributed by atoms with van der Waals surface area (Å²) in [5, 5.41) is 9.02. The molecule has 4 heteroatoms. The SMILES string of the molecule is CN(c1cccc(C#N)c1)C1CCOC2(CCOC2)C1. The smallest absolute Gasteiger partial charge is 0.0992 e. The minimum Gasteiger partial charge on any atom is -0.378 e. The Balaban J connectivity index is 1.76. The molecule has 1 spiro atoms. The first-order valence-corrected chi connectivity index (χ1v) is 7.17. The summed E-state index contributed by atoms with van der Waals surface area (Å²) < 4.78 is 11.5. The first-order chi connectivity index (χ1) is 9.72. The Hall–Kier alpha value is -1.57. The number of benzene rings is 1. The topological polar surface area (TPSA) is 45.5 Å². The van der Waals surface area contributed by atoms with Crippen molar-refractivity contribution >= 4 is 5.69 Å². The molecule has 0 saturated carbocycles. The molecule has 1 aromatic rings. The van der Waals surface area contributed by atoms with Gasteiger partial charge in [-0.2, -0.15) is 5.26 Å². The van der Waals surface area contributed by atoms with Crippen molar-refractivity contribution < 1.29 is 9.47 Å². The van der Waals surface area contributed by atoms with Crippen LogP contribution >= 0.6 is 0 Å². The zero-order chi connectivity index (χ0) is 14.0. The van der Waals surface area contributed by atoms with Gasteiger partial charge < -0.3 is 14.4 Å². The molecule has 2 aliphatic rings. The predicted molar refractivity (Wildman–Crippen MR) is 76.7 cm³/mol. The first-order valence-electron chi connectivity index (χ1n) is 7.17. The molecular formula is C16H20N2O2. The van der Waals surface area contributed by atoms with Gasteiger partial charge in [-0.15, -0.1) is 0 Å². The van der Waals surface area contributed by atoms with Crippen LogP contribution in [0.25, 0.3) is 0 Å². The van der Waals surface area contributed by atoms with Gasteiger partial charge in [0.15, 0.2) is 0 Å². The summed E-state index contributed by atoms with van der Waals surface area (Å²) in [6.45, 7) is 2.31. The lowest BCUT2D eigenvalue weighted by Crippen LogP contribution is -2.48. The Kier molecular flexibility index (Phi) is 3.64. The van der Waals surface area contributed by atoms with E-state index in [9.17, 15) is 0 Å². The fourth-order valence-corrected chi connectivity index (χ4v) is 3.20. The van der Waals surface area contributed by atoms with Crippen molar-refractivity contribution in [3.8, 4) is 6.07 Å². The van der Waals surface area contributed by atoms with E-state index in [-0.39, 0.29) is 5.60 Å². The van der Waals surface area contributed by atoms with E-state index < -0.39 is 0 Å². The highest BCUT2D eigenvalue weighted by molar-refractivity contribution is 5.51. The van der Waals surface area contributed by atoms with Gasteiger partial charge in [0.05, 0.1) is 23.8 Å². The summed E-state index contributed by atoms with van der Waals surface area (Å²) in [5.41, 5.74) is 1.73. The lowest BCUT2D eigenvalue weighted by molar-refractivity contribution is -0.0855. The normalized spacial score (nSPS) is 29.3. The summed E-state index contributed by atoms with van der Waals surface area (Å²) in [4.78, 5) is 2.28. The van der Waals surface area contributed by atoms with Crippen LogP contribution in [-0.2, 0) is 9.47 Å². The highest BCUT2D eigenvalue weighted by Crippen LogP contribution is 2.35. The van der Waals surface area contributed by atoms with Crippen LogP contribution in [0.4, 0.5) is 5.69 Å². The van der Waals surface area contributed by atoms with E-state index in [2.05, 4.69) is 24.1 Å². The number of nitrogens with zero attached hydrogens (tertiary/aromatic N) is 2.